The Morgan fingerprint density at radius 1 is 1.08 bits per heavy atom. The Balaban J connectivity index is 1.65. The standard InChI is InChI=1S/C29H35F2N5O3/c1-34(2)27(28(32)38)17-7-14-24-23(15-17)33-29(36(24)18-8-11-20(39-3)12-9-18)25-5-4-6-26(37)35(25)19-10-13-21(30)22(31)16-19/h7,10,13-16,18,20,25,27H,4-6,8-9,11-12H2,1-3H3,(H2,32,38)/t18-,20-,25-,27?/m0/s1. The number of aromatic nitrogens is 2. The average molecular weight is 540 g/mol. The summed E-state index contributed by atoms with van der Waals surface area (Å²) in [6.07, 6.45) is 5.39. The highest BCUT2D eigenvalue weighted by molar-refractivity contribution is 5.95. The molecule has 1 saturated carbocycles. The molecule has 1 unspecified atom stereocenters. The van der Waals surface area contributed by atoms with Crippen LogP contribution >= 0.6 is 0 Å². The van der Waals surface area contributed by atoms with Crippen LogP contribution in [0.1, 0.15) is 74.5 Å². The molecule has 0 bridgehead atoms. The minimum absolute atomic E-state index is 0.131. The maximum absolute atomic E-state index is 14.3. The molecular formula is C29H35F2N5O3. The van der Waals surface area contributed by atoms with Crippen molar-refractivity contribution in [3.05, 3.63) is 59.4 Å². The summed E-state index contributed by atoms with van der Waals surface area (Å²) in [6, 6.07) is 8.39. The maximum Gasteiger partial charge on any atom is 0.239 e. The summed E-state index contributed by atoms with van der Waals surface area (Å²) in [5, 5.41) is 0. The van der Waals surface area contributed by atoms with Gasteiger partial charge in [0.25, 0.3) is 0 Å². The largest absolute Gasteiger partial charge is 0.381 e. The number of likely N-dealkylation sites (N-methyl/N-ethyl adjacent to an activating group) is 1. The molecule has 1 aliphatic heterocycles. The molecule has 8 nitrogen and oxygen atoms in total. The van der Waals surface area contributed by atoms with E-state index in [1.54, 1.807) is 31.0 Å². The highest BCUT2D eigenvalue weighted by Gasteiger charge is 2.37. The quantitative estimate of drug-likeness (QED) is 0.466. The predicted molar refractivity (Wildman–Crippen MR) is 144 cm³/mol. The minimum atomic E-state index is -0.998. The number of anilines is 1. The van der Waals surface area contributed by atoms with E-state index in [9.17, 15) is 18.4 Å². The Bertz CT molecular complexity index is 1380. The summed E-state index contributed by atoms with van der Waals surface area (Å²) in [6.45, 7) is 0. The van der Waals surface area contributed by atoms with Gasteiger partial charge in [0.05, 0.1) is 23.2 Å². The number of halogens is 2. The lowest BCUT2D eigenvalue weighted by Crippen LogP contribution is -2.40. The van der Waals surface area contributed by atoms with Gasteiger partial charge in [0, 0.05) is 31.3 Å². The molecule has 5 rings (SSSR count). The topological polar surface area (TPSA) is 93.7 Å². The summed E-state index contributed by atoms with van der Waals surface area (Å²) in [5.74, 6) is -1.86. The van der Waals surface area contributed by atoms with Crippen molar-refractivity contribution < 1.29 is 23.1 Å². The monoisotopic (exact) mass is 539 g/mol. The third-order valence-electron chi connectivity index (χ3n) is 8.11. The first-order valence-electron chi connectivity index (χ1n) is 13.5. The van der Waals surface area contributed by atoms with E-state index in [-0.39, 0.29) is 18.1 Å². The van der Waals surface area contributed by atoms with Gasteiger partial charge < -0.3 is 19.9 Å². The highest BCUT2D eigenvalue weighted by atomic mass is 19.2. The molecule has 2 heterocycles. The Kier molecular flexibility index (Phi) is 7.68. The molecule has 2 N–H and O–H groups in total. The van der Waals surface area contributed by atoms with Crippen LogP contribution in [0, 0.1) is 11.6 Å². The molecule has 3 aromatic rings. The van der Waals surface area contributed by atoms with Crippen molar-refractivity contribution in [2.45, 2.75) is 69.2 Å². The van der Waals surface area contributed by atoms with Crippen LogP contribution < -0.4 is 10.6 Å². The first-order chi connectivity index (χ1) is 18.7. The van der Waals surface area contributed by atoms with Crippen molar-refractivity contribution >= 4 is 28.5 Å². The minimum Gasteiger partial charge on any atom is -0.381 e. The molecule has 1 aliphatic carbocycles. The zero-order valence-corrected chi connectivity index (χ0v) is 22.6. The summed E-state index contributed by atoms with van der Waals surface area (Å²) < 4.78 is 35.8. The van der Waals surface area contributed by atoms with Gasteiger partial charge in [-0.3, -0.25) is 14.5 Å². The van der Waals surface area contributed by atoms with E-state index in [2.05, 4.69) is 4.57 Å². The first kappa shape index (κ1) is 27.2. The molecule has 2 aromatic carbocycles. The van der Waals surface area contributed by atoms with E-state index < -0.39 is 29.6 Å². The van der Waals surface area contributed by atoms with Crippen LogP contribution in [-0.2, 0) is 14.3 Å². The van der Waals surface area contributed by atoms with Crippen molar-refractivity contribution in [1.82, 2.24) is 14.5 Å². The number of methoxy groups -OCH3 is 1. The van der Waals surface area contributed by atoms with Crippen LogP contribution in [0.15, 0.2) is 36.4 Å². The molecule has 208 valence electrons. The van der Waals surface area contributed by atoms with Crippen molar-refractivity contribution in [1.29, 1.82) is 0 Å². The lowest BCUT2D eigenvalue weighted by atomic mass is 9.91. The lowest BCUT2D eigenvalue weighted by Gasteiger charge is -2.37. The maximum atomic E-state index is 14.3. The number of ether oxygens (including phenoxy) is 1. The number of carbonyl (C=O) groups is 2. The summed E-state index contributed by atoms with van der Waals surface area (Å²) in [5.41, 5.74) is 8.36. The van der Waals surface area contributed by atoms with Crippen molar-refractivity contribution in [2.75, 3.05) is 26.1 Å². The van der Waals surface area contributed by atoms with Gasteiger partial charge in [0.2, 0.25) is 11.8 Å². The Labute approximate surface area is 226 Å². The molecule has 10 heteroatoms. The van der Waals surface area contributed by atoms with E-state index in [4.69, 9.17) is 15.5 Å². The number of fused-ring (bicyclic) bond motifs is 1. The summed E-state index contributed by atoms with van der Waals surface area (Å²) in [4.78, 5) is 33.9. The predicted octanol–water partition coefficient (Wildman–Crippen LogP) is 4.79. The van der Waals surface area contributed by atoms with Gasteiger partial charge in [-0.2, -0.15) is 0 Å². The van der Waals surface area contributed by atoms with Gasteiger partial charge >= 0.3 is 0 Å². The van der Waals surface area contributed by atoms with Crippen LogP contribution in [0.2, 0.25) is 0 Å². The molecule has 2 aliphatic rings. The van der Waals surface area contributed by atoms with Crippen molar-refractivity contribution in [2.24, 2.45) is 5.73 Å². The fourth-order valence-electron chi connectivity index (χ4n) is 6.25. The molecular weight excluding hydrogens is 504 g/mol. The number of carbonyl (C=O) groups excluding carboxylic acids is 2. The van der Waals surface area contributed by atoms with E-state index in [0.717, 1.165) is 48.9 Å². The number of nitrogens with zero attached hydrogens (tertiary/aromatic N) is 4. The molecule has 2 amide bonds. The van der Waals surface area contributed by atoms with Crippen LogP contribution in [-0.4, -0.2) is 53.6 Å². The second kappa shape index (κ2) is 11.0. The lowest BCUT2D eigenvalue weighted by molar-refractivity contribution is -0.122. The van der Waals surface area contributed by atoms with Crippen LogP contribution in [0.5, 0.6) is 0 Å². The number of hydrogen-bond acceptors (Lipinski definition) is 5. The molecule has 1 aromatic heterocycles. The van der Waals surface area contributed by atoms with Gasteiger partial charge in [-0.05, 0) is 82.4 Å². The smallest absolute Gasteiger partial charge is 0.239 e. The van der Waals surface area contributed by atoms with Crippen LogP contribution in [0.3, 0.4) is 0 Å². The zero-order chi connectivity index (χ0) is 27.8. The number of amides is 2. The number of hydrogen-bond donors (Lipinski definition) is 1. The number of benzene rings is 2. The molecule has 2 fully saturated rings. The third kappa shape index (κ3) is 5.15. The Morgan fingerprint density at radius 3 is 2.46 bits per heavy atom. The molecule has 2 atom stereocenters. The highest BCUT2D eigenvalue weighted by Crippen LogP contribution is 2.41. The first-order valence-corrected chi connectivity index (χ1v) is 13.5. The number of nitrogens with two attached hydrogens (primary N) is 1. The van der Waals surface area contributed by atoms with Crippen molar-refractivity contribution in [3.63, 3.8) is 0 Å². The number of rotatable bonds is 7. The van der Waals surface area contributed by atoms with Crippen LogP contribution in [0.4, 0.5) is 14.5 Å². The third-order valence-corrected chi connectivity index (χ3v) is 8.11. The second-order valence-electron chi connectivity index (χ2n) is 10.8. The van der Waals surface area contributed by atoms with E-state index >= 15 is 0 Å². The van der Waals surface area contributed by atoms with Crippen molar-refractivity contribution in [3.8, 4) is 0 Å². The Morgan fingerprint density at radius 2 is 1.82 bits per heavy atom. The van der Waals surface area contributed by atoms with Gasteiger partial charge in [-0.1, -0.05) is 6.07 Å². The number of imidazole rings is 1. The molecule has 39 heavy (non-hydrogen) atoms. The summed E-state index contributed by atoms with van der Waals surface area (Å²) >= 11 is 0. The van der Waals surface area contributed by atoms with Gasteiger partial charge in [0.15, 0.2) is 11.6 Å². The van der Waals surface area contributed by atoms with Gasteiger partial charge in [-0.25, -0.2) is 13.8 Å². The molecule has 0 radical (unpaired) electrons. The Hall–Kier alpha value is -3.37. The van der Waals surface area contributed by atoms with E-state index in [1.165, 1.54) is 6.07 Å². The van der Waals surface area contributed by atoms with E-state index in [1.807, 2.05) is 18.2 Å². The average Bonchev–Trinajstić information content (AvgIpc) is 3.28. The molecule has 0 spiro atoms. The fourth-order valence-corrected chi connectivity index (χ4v) is 6.25. The fraction of sp³-hybridized carbons (Fsp3) is 0.483. The van der Waals surface area contributed by atoms with Crippen LogP contribution in [0.25, 0.3) is 11.0 Å². The summed E-state index contributed by atoms with van der Waals surface area (Å²) in [7, 11) is 5.33. The van der Waals surface area contributed by atoms with Gasteiger partial charge in [-0.15, -0.1) is 0 Å². The van der Waals surface area contributed by atoms with E-state index in [0.29, 0.717) is 36.3 Å². The second-order valence-corrected chi connectivity index (χ2v) is 10.8. The molecule has 1 saturated heterocycles. The van der Waals surface area contributed by atoms with Gasteiger partial charge in [0.1, 0.15) is 11.9 Å². The zero-order valence-electron chi connectivity index (χ0n) is 22.6. The SMILES string of the molecule is CO[C@H]1CC[C@H](n2c([C@@H]3CCCC(=O)N3c3ccc(F)c(F)c3)nc3cc(C(C(N)=O)N(C)C)ccc32)CC1. The number of piperidine rings is 1. The normalized spacial score (nSPS) is 23.0. The number of primary amides is 1.